The lowest BCUT2D eigenvalue weighted by atomic mass is 10.1. The number of morpholine rings is 1. The van der Waals surface area contributed by atoms with Crippen LogP contribution in [-0.4, -0.2) is 79.6 Å². The molecule has 2 aliphatic heterocycles. The number of ether oxygens (including phenoxy) is 1. The van der Waals surface area contributed by atoms with Gasteiger partial charge in [0.25, 0.3) is 0 Å². The number of nitriles is 1. The lowest BCUT2D eigenvalue weighted by molar-refractivity contribution is -0.135. The molecule has 6 heteroatoms. The molecular weight excluding hydrogens is 304 g/mol. The number of rotatable bonds is 4. The zero-order valence-corrected chi connectivity index (χ0v) is 14.0. The molecule has 0 spiro atoms. The molecule has 0 radical (unpaired) electrons. The normalized spacial score (nSPS) is 19.9. The highest BCUT2D eigenvalue weighted by molar-refractivity contribution is 5.78. The third-order valence-electron chi connectivity index (χ3n) is 4.72. The first-order chi connectivity index (χ1) is 11.8. The molecule has 6 nitrogen and oxygen atoms in total. The number of hydrogen-bond donors (Lipinski definition) is 0. The van der Waals surface area contributed by atoms with Gasteiger partial charge in [-0.1, -0.05) is 18.2 Å². The van der Waals surface area contributed by atoms with E-state index in [1.807, 2.05) is 29.2 Å². The lowest BCUT2D eigenvalue weighted by Crippen LogP contribution is -2.52. The standard InChI is InChI=1S/C18H24N4O2/c19-13-16-3-1-2-4-17(16)14-20-5-7-22(8-6-20)18(23)15-21-9-11-24-12-10-21/h1-4H,5-12,14-15H2. The van der Waals surface area contributed by atoms with E-state index in [9.17, 15) is 10.1 Å². The first kappa shape index (κ1) is 16.9. The van der Waals surface area contributed by atoms with E-state index in [0.717, 1.165) is 70.2 Å². The van der Waals surface area contributed by atoms with Crippen molar-refractivity contribution in [3.8, 4) is 6.07 Å². The van der Waals surface area contributed by atoms with Gasteiger partial charge in [-0.15, -0.1) is 0 Å². The highest BCUT2D eigenvalue weighted by Gasteiger charge is 2.23. The fourth-order valence-electron chi connectivity index (χ4n) is 3.21. The molecule has 0 aromatic heterocycles. The van der Waals surface area contributed by atoms with Crippen LogP contribution in [0.25, 0.3) is 0 Å². The summed E-state index contributed by atoms with van der Waals surface area (Å²) in [5.74, 6) is 0.217. The Morgan fingerprint density at radius 1 is 1.04 bits per heavy atom. The maximum Gasteiger partial charge on any atom is 0.236 e. The largest absolute Gasteiger partial charge is 0.379 e. The summed E-state index contributed by atoms with van der Waals surface area (Å²) in [7, 11) is 0. The van der Waals surface area contributed by atoms with Crippen molar-refractivity contribution in [2.45, 2.75) is 6.54 Å². The Labute approximate surface area is 143 Å². The molecule has 0 N–H and O–H groups in total. The van der Waals surface area contributed by atoms with Crippen LogP contribution >= 0.6 is 0 Å². The summed E-state index contributed by atoms with van der Waals surface area (Å²) < 4.78 is 5.32. The molecule has 1 aromatic rings. The number of carbonyl (C=O) groups excluding carboxylic acids is 1. The zero-order valence-electron chi connectivity index (χ0n) is 14.0. The molecule has 0 saturated carbocycles. The van der Waals surface area contributed by atoms with Crippen LogP contribution in [0.4, 0.5) is 0 Å². The van der Waals surface area contributed by atoms with Crippen molar-refractivity contribution in [3.05, 3.63) is 35.4 Å². The van der Waals surface area contributed by atoms with Gasteiger partial charge < -0.3 is 9.64 Å². The van der Waals surface area contributed by atoms with Crippen LogP contribution in [0.15, 0.2) is 24.3 Å². The highest BCUT2D eigenvalue weighted by Crippen LogP contribution is 2.13. The molecule has 2 heterocycles. The number of benzene rings is 1. The van der Waals surface area contributed by atoms with Crippen LogP contribution in [0.2, 0.25) is 0 Å². The topological polar surface area (TPSA) is 59.8 Å². The van der Waals surface area contributed by atoms with Gasteiger partial charge in [0, 0.05) is 45.8 Å². The van der Waals surface area contributed by atoms with Crippen LogP contribution in [0.3, 0.4) is 0 Å². The molecule has 0 atom stereocenters. The van der Waals surface area contributed by atoms with E-state index in [2.05, 4.69) is 15.9 Å². The molecule has 3 rings (SSSR count). The van der Waals surface area contributed by atoms with E-state index in [4.69, 9.17) is 4.74 Å². The average Bonchev–Trinajstić information content (AvgIpc) is 2.63. The Morgan fingerprint density at radius 2 is 1.75 bits per heavy atom. The minimum absolute atomic E-state index is 0.217. The fourth-order valence-corrected chi connectivity index (χ4v) is 3.21. The third kappa shape index (κ3) is 4.32. The van der Waals surface area contributed by atoms with Crippen LogP contribution < -0.4 is 0 Å². The van der Waals surface area contributed by atoms with Crippen molar-refractivity contribution in [2.24, 2.45) is 0 Å². The van der Waals surface area contributed by atoms with Gasteiger partial charge in [-0.05, 0) is 11.6 Å². The number of amides is 1. The van der Waals surface area contributed by atoms with Gasteiger partial charge in [-0.25, -0.2) is 0 Å². The molecule has 24 heavy (non-hydrogen) atoms. The minimum Gasteiger partial charge on any atom is -0.379 e. The molecule has 2 aliphatic rings. The van der Waals surface area contributed by atoms with Crippen LogP contribution in [-0.2, 0) is 16.1 Å². The summed E-state index contributed by atoms with van der Waals surface area (Å²) in [6.45, 7) is 7.64. The molecular formula is C18H24N4O2. The van der Waals surface area contributed by atoms with Crippen LogP contribution in [0, 0.1) is 11.3 Å². The van der Waals surface area contributed by atoms with E-state index in [1.54, 1.807) is 0 Å². The first-order valence-electron chi connectivity index (χ1n) is 8.54. The second-order valence-corrected chi connectivity index (χ2v) is 6.31. The maximum absolute atomic E-state index is 12.4. The molecule has 0 bridgehead atoms. The van der Waals surface area contributed by atoms with Gasteiger partial charge in [-0.3, -0.25) is 14.6 Å². The Bertz CT molecular complexity index is 599. The predicted octanol–water partition coefficient (Wildman–Crippen LogP) is 0.535. The summed E-state index contributed by atoms with van der Waals surface area (Å²) in [5, 5.41) is 9.18. The number of nitrogens with zero attached hydrogens (tertiary/aromatic N) is 4. The van der Waals surface area contributed by atoms with Crippen molar-refractivity contribution in [1.29, 1.82) is 5.26 Å². The summed E-state index contributed by atoms with van der Waals surface area (Å²) in [6, 6.07) is 9.98. The van der Waals surface area contributed by atoms with Crippen molar-refractivity contribution in [3.63, 3.8) is 0 Å². The molecule has 1 amide bonds. The summed E-state index contributed by atoms with van der Waals surface area (Å²) in [6.07, 6.45) is 0. The Balaban J connectivity index is 1.47. The fraction of sp³-hybridized carbons (Fsp3) is 0.556. The van der Waals surface area contributed by atoms with Crippen molar-refractivity contribution in [2.75, 3.05) is 59.0 Å². The van der Waals surface area contributed by atoms with Gasteiger partial charge in [-0.2, -0.15) is 5.26 Å². The first-order valence-corrected chi connectivity index (χ1v) is 8.54. The monoisotopic (exact) mass is 328 g/mol. The van der Waals surface area contributed by atoms with E-state index in [-0.39, 0.29) is 5.91 Å². The number of carbonyl (C=O) groups is 1. The lowest BCUT2D eigenvalue weighted by Gasteiger charge is -2.36. The van der Waals surface area contributed by atoms with Gasteiger partial charge in [0.1, 0.15) is 0 Å². The van der Waals surface area contributed by atoms with E-state index in [1.165, 1.54) is 0 Å². The number of piperazine rings is 1. The van der Waals surface area contributed by atoms with Crippen LogP contribution in [0.5, 0.6) is 0 Å². The molecule has 0 aliphatic carbocycles. The molecule has 128 valence electrons. The van der Waals surface area contributed by atoms with Gasteiger partial charge >= 0.3 is 0 Å². The summed E-state index contributed by atoms with van der Waals surface area (Å²) in [5.41, 5.74) is 1.80. The molecule has 2 saturated heterocycles. The third-order valence-corrected chi connectivity index (χ3v) is 4.72. The quantitative estimate of drug-likeness (QED) is 0.807. The Morgan fingerprint density at radius 3 is 2.46 bits per heavy atom. The van der Waals surface area contributed by atoms with Gasteiger partial charge in [0.2, 0.25) is 5.91 Å². The smallest absolute Gasteiger partial charge is 0.236 e. The van der Waals surface area contributed by atoms with Gasteiger partial charge in [0.15, 0.2) is 0 Å². The average molecular weight is 328 g/mol. The second kappa shape index (κ2) is 8.25. The molecule has 0 unspecified atom stereocenters. The highest BCUT2D eigenvalue weighted by atomic mass is 16.5. The summed E-state index contributed by atoms with van der Waals surface area (Å²) >= 11 is 0. The Hall–Kier alpha value is -1.94. The van der Waals surface area contributed by atoms with Crippen molar-refractivity contribution in [1.82, 2.24) is 14.7 Å². The van der Waals surface area contributed by atoms with E-state index >= 15 is 0 Å². The number of hydrogen-bond acceptors (Lipinski definition) is 5. The van der Waals surface area contributed by atoms with E-state index in [0.29, 0.717) is 6.54 Å². The van der Waals surface area contributed by atoms with Crippen molar-refractivity contribution >= 4 is 5.91 Å². The van der Waals surface area contributed by atoms with Crippen LogP contribution in [0.1, 0.15) is 11.1 Å². The Kier molecular flexibility index (Phi) is 5.81. The predicted molar refractivity (Wildman–Crippen MR) is 90.3 cm³/mol. The SMILES string of the molecule is N#Cc1ccccc1CN1CCN(C(=O)CN2CCOCC2)CC1. The maximum atomic E-state index is 12.4. The zero-order chi connectivity index (χ0) is 16.8. The van der Waals surface area contributed by atoms with E-state index < -0.39 is 0 Å². The van der Waals surface area contributed by atoms with Crippen molar-refractivity contribution < 1.29 is 9.53 Å². The van der Waals surface area contributed by atoms with Gasteiger partial charge in [0.05, 0.1) is 31.4 Å². The minimum atomic E-state index is 0.217. The molecule has 1 aromatic carbocycles. The molecule has 2 fully saturated rings. The second-order valence-electron chi connectivity index (χ2n) is 6.31. The summed E-state index contributed by atoms with van der Waals surface area (Å²) in [4.78, 5) is 18.9.